The summed E-state index contributed by atoms with van der Waals surface area (Å²) in [4.78, 5) is 0. The van der Waals surface area contributed by atoms with Crippen molar-refractivity contribution in [1.82, 2.24) is 0 Å². The van der Waals surface area contributed by atoms with Gasteiger partial charge in [0.25, 0.3) is 0 Å². The largest absolute Gasteiger partial charge is 0.168 e. The van der Waals surface area contributed by atoms with Gasteiger partial charge in [-0.15, -0.1) is 11.8 Å². The van der Waals surface area contributed by atoms with Gasteiger partial charge in [0, 0.05) is 0 Å². The quantitative estimate of drug-likeness (QED) is 0.446. The van der Waals surface area contributed by atoms with Gasteiger partial charge in [0.1, 0.15) is 0 Å². The minimum atomic E-state index is 0.368. The van der Waals surface area contributed by atoms with Gasteiger partial charge in [-0.05, 0) is 74.0 Å². The zero-order chi connectivity index (χ0) is 5.21. The third-order valence-corrected chi connectivity index (χ3v) is 4.66. The first-order chi connectivity index (χ1) is 2.56. The van der Waals surface area contributed by atoms with Crippen molar-refractivity contribution in [3.05, 3.63) is 0 Å². The van der Waals surface area contributed by atoms with E-state index in [1.54, 1.807) is 0 Å². The molecule has 0 amide bonds. The van der Waals surface area contributed by atoms with Gasteiger partial charge in [-0.25, -0.2) is 0 Å². The van der Waals surface area contributed by atoms with E-state index < -0.39 is 0 Å². The van der Waals surface area contributed by atoms with Crippen LogP contribution in [0.4, 0.5) is 0 Å². The van der Waals surface area contributed by atoms with Crippen LogP contribution < -0.4 is 0 Å². The second kappa shape index (κ2) is 3.54. The molecule has 0 N–H and O–H groups in total. The predicted octanol–water partition coefficient (Wildman–Crippen LogP) is 3.27. The summed E-state index contributed by atoms with van der Waals surface area (Å²) in [6.07, 6.45) is 2.10. The maximum atomic E-state index is 2.38. The summed E-state index contributed by atoms with van der Waals surface area (Å²) >= 11 is 8.97. The highest BCUT2D eigenvalue weighted by molar-refractivity contribution is 14.3. The van der Waals surface area contributed by atoms with Gasteiger partial charge in [0.15, 0.2) is -1.23 Å². The normalized spacial score (nSPS) is 12.0. The Morgan fingerprint density at radius 1 is 1.33 bits per heavy atom. The van der Waals surface area contributed by atoms with Crippen molar-refractivity contribution >= 4 is 79.5 Å². The van der Waals surface area contributed by atoms with Crippen LogP contribution in [0, 0.1) is 0 Å². The predicted molar refractivity (Wildman–Crippen MR) is 58.3 cm³/mol. The summed E-state index contributed by atoms with van der Waals surface area (Å²) in [5, 5.41) is 0. The van der Waals surface area contributed by atoms with Gasteiger partial charge in [-0.3, -0.25) is 0 Å². The Labute approximate surface area is 83.0 Å². The second-order valence-electron chi connectivity index (χ2n) is 0.650. The average molecular weight is 440 g/mol. The first-order valence-corrected chi connectivity index (χ1v) is 5.64. The van der Waals surface area contributed by atoms with E-state index in [-0.39, 0.29) is 0 Å². The molecule has 0 saturated heterocycles. The standard InChI is InChI=1S/C2H3I3S/c1-6-2(3,4)5/h1H3. The average Bonchev–Trinajstić information content (AvgIpc) is 1.35. The molecule has 6 heavy (non-hydrogen) atoms. The monoisotopic (exact) mass is 440 g/mol. The molecule has 0 rings (SSSR count). The van der Waals surface area contributed by atoms with Crippen LogP contribution in [0.3, 0.4) is 0 Å². The van der Waals surface area contributed by atoms with Crippen molar-refractivity contribution in [2.24, 2.45) is 0 Å². The van der Waals surface area contributed by atoms with Crippen molar-refractivity contribution < 1.29 is 0 Å². The highest BCUT2D eigenvalue weighted by atomic mass is 127. The number of rotatable bonds is 1. The van der Waals surface area contributed by atoms with Crippen molar-refractivity contribution in [3.63, 3.8) is 0 Å². The van der Waals surface area contributed by atoms with Gasteiger partial charge >= 0.3 is 0 Å². The summed E-state index contributed by atoms with van der Waals surface area (Å²) in [5.74, 6) is 0. The zero-order valence-electron chi connectivity index (χ0n) is 3.04. The number of hydrogen-bond donors (Lipinski definition) is 0. The first kappa shape index (κ1) is 8.54. The van der Waals surface area contributed by atoms with Gasteiger partial charge < -0.3 is 0 Å². The summed E-state index contributed by atoms with van der Waals surface area (Å²) in [5.41, 5.74) is 0. The molecule has 0 heterocycles. The molecule has 0 aliphatic rings. The van der Waals surface area contributed by atoms with E-state index in [9.17, 15) is 0 Å². The Kier molecular flexibility index (Phi) is 5.04. The highest BCUT2D eigenvalue weighted by Crippen LogP contribution is 2.44. The van der Waals surface area contributed by atoms with Gasteiger partial charge in [-0.2, -0.15) is 0 Å². The van der Waals surface area contributed by atoms with E-state index in [1.807, 2.05) is 11.8 Å². The maximum absolute atomic E-state index is 2.38. The molecule has 0 aliphatic heterocycles. The molecule has 0 aromatic carbocycles. The van der Waals surface area contributed by atoms with Gasteiger partial charge in [0.05, 0.1) is 0 Å². The lowest BCUT2D eigenvalue weighted by Crippen LogP contribution is -1.84. The topological polar surface area (TPSA) is 0 Å². The fourth-order valence-electron chi connectivity index (χ4n) is 0. The van der Waals surface area contributed by atoms with Crippen molar-refractivity contribution in [2.45, 2.75) is -1.23 Å². The molecule has 0 nitrogen and oxygen atoms in total. The Bertz CT molecular complexity index is 38.5. The molecule has 0 aromatic heterocycles. The van der Waals surface area contributed by atoms with Crippen LogP contribution >= 0.6 is 79.5 Å². The Morgan fingerprint density at radius 3 is 1.50 bits per heavy atom. The molecule has 0 spiro atoms. The summed E-state index contributed by atoms with van der Waals surface area (Å²) in [6, 6.07) is 0. The molecule has 0 aromatic rings. The Morgan fingerprint density at radius 2 is 1.50 bits per heavy atom. The van der Waals surface area contributed by atoms with Gasteiger partial charge in [0.2, 0.25) is 0 Å². The fourth-order valence-corrected chi connectivity index (χ4v) is 0. The first-order valence-electron chi connectivity index (χ1n) is 1.18. The number of alkyl halides is 3. The van der Waals surface area contributed by atoms with Crippen LogP contribution in [0.15, 0.2) is 0 Å². The van der Waals surface area contributed by atoms with Crippen LogP contribution in [0.1, 0.15) is 0 Å². The molecule has 38 valence electrons. The third kappa shape index (κ3) is 6.54. The van der Waals surface area contributed by atoms with Crippen LogP contribution in [0.25, 0.3) is 0 Å². The van der Waals surface area contributed by atoms with Crippen LogP contribution in [-0.4, -0.2) is 5.02 Å². The molecule has 0 aliphatic carbocycles. The Balaban J connectivity index is 3.17. The van der Waals surface area contributed by atoms with Gasteiger partial charge in [-0.1, -0.05) is 0 Å². The van der Waals surface area contributed by atoms with Crippen molar-refractivity contribution in [2.75, 3.05) is 6.26 Å². The summed E-state index contributed by atoms with van der Waals surface area (Å²) < 4.78 is 0.368. The number of hydrogen-bond acceptors (Lipinski definition) is 1. The lowest BCUT2D eigenvalue weighted by molar-refractivity contribution is 2.20. The van der Waals surface area contributed by atoms with E-state index in [2.05, 4.69) is 74.0 Å². The third-order valence-electron chi connectivity index (χ3n) is 0.231. The molecule has 0 unspecified atom stereocenters. The molecule has 4 heteroatoms. The SMILES string of the molecule is CSC(I)(I)I. The number of thioether (sulfide) groups is 1. The minimum Gasteiger partial charge on any atom is -0.127 e. The van der Waals surface area contributed by atoms with E-state index in [4.69, 9.17) is 0 Å². The smallest absolute Gasteiger partial charge is 0.127 e. The van der Waals surface area contributed by atoms with Crippen molar-refractivity contribution in [3.8, 4) is 0 Å². The molecule has 0 atom stereocenters. The summed E-state index contributed by atoms with van der Waals surface area (Å²) in [6.45, 7) is 0. The number of halogens is 3. The maximum Gasteiger partial charge on any atom is 0.168 e. The zero-order valence-corrected chi connectivity index (χ0v) is 10.3. The molecule has 0 fully saturated rings. The molecule has 0 saturated carbocycles. The highest BCUT2D eigenvalue weighted by Gasteiger charge is 2.12. The lowest BCUT2D eigenvalue weighted by Gasteiger charge is -2.04. The van der Waals surface area contributed by atoms with E-state index >= 15 is 0 Å². The summed E-state index contributed by atoms with van der Waals surface area (Å²) in [7, 11) is 0. The lowest BCUT2D eigenvalue weighted by atomic mass is 11.9. The fraction of sp³-hybridized carbons (Fsp3) is 1.00. The van der Waals surface area contributed by atoms with Crippen LogP contribution in [-0.2, 0) is 0 Å². The van der Waals surface area contributed by atoms with Crippen LogP contribution in [0.2, 0.25) is 0 Å². The molecular formula is C2H3I3S. The minimum absolute atomic E-state index is 0.368. The molecular weight excluding hydrogens is 437 g/mol. The van der Waals surface area contributed by atoms with E-state index in [0.717, 1.165) is 0 Å². The second-order valence-corrected chi connectivity index (χ2v) is 14.9. The van der Waals surface area contributed by atoms with E-state index in [1.165, 1.54) is 0 Å². The molecule has 0 radical (unpaired) electrons. The van der Waals surface area contributed by atoms with Crippen molar-refractivity contribution in [1.29, 1.82) is 0 Å². The van der Waals surface area contributed by atoms with E-state index in [0.29, 0.717) is -1.23 Å². The van der Waals surface area contributed by atoms with Crippen LogP contribution in [0.5, 0.6) is 0 Å². The Hall–Kier alpha value is 2.54. The molecule has 0 bridgehead atoms.